The number of esters is 1. The molecule has 35 heavy (non-hydrogen) atoms. The standard InChI is InChI=1S/C27H25N3O5/c1-35-27(34)22(16-18-12-14-19(17-28)15-13-18)29-26(33)24(31)23(20-8-4-2-5-9-20)30-25(32)21-10-6-3-7-11-21/h2-15,22-24,31H,16H2,1H3,(H,29,33)(H,30,32)/t22-,23+,24-/m1/s1. The van der Waals surface area contributed by atoms with Gasteiger partial charge in [0.1, 0.15) is 6.04 Å². The molecule has 0 fully saturated rings. The molecule has 2 amide bonds. The predicted octanol–water partition coefficient (Wildman–Crippen LogP) is 2.29. The molecule has 0 heterocycles. The Hall–Kier alpha value is -4.48. The van der Waals surface area contributed by atoms with E-state index in [2.05, 4.69) is 10.6 Å². The summed E-state index contributed by atoms with van der Waals surface area (Å²) in [6, 6.07) is 23.4. The second kappa shape index (κ2) is 12.1. The summed E-state index contributed by atoms with van der Waals surface area (Å²) in [6.07, 6.45) is -1.61. The van der Waals surface area contributed by atoms with Crippen molar-refractivity contribution in [3.05, 3.63) is 107 Å². The SMILES string of the molecule is COC(=O)[C@@H](Cc1ccc(C#N)cc1)NC(=O)[C@H](O)[C@@H](NC(=O)c1ccccc1)c1ccccc1. The quantitative estimate of drug-likeness (QED) is 0.411. The van der Waals surface area contributed by atoms with Crippen molar-refractivity contribution in [2.24, 2.45) is 0 Å². The summed E-state index contributed by atoms with van der Waals surface area (Å²) < 4.78 is 4.82. The fraction of sp³-hybridized carbons (Fsp3) is 0.185. The van der Waals surface area contributed by atoms with Gasteiger partial charge in [-0.15, -0.1) is 0 Å². The first-order chi connectivity index (χ1) is 16.9. The zero-order valence-corrected chi connectivity index (χ0v) is 19.0. The second-order valence-electron chi connectivity index (χ2n) is 7.77. The van der Waals surface area contributed by atoms with E-state index >= 15 is 0 Å². The number of methoxy groups -OCH3 is 1. The first kappa shape index (κ1) is 25.1. The number of amides is 2. The molecule has 0 saturated heterocycles. The van der Waals surface area contributed by atoms with Crippen LogP contribution in [0.15, 0.2) is 84.9 Å². The van der Waals surface area contributed by atoms with Crippen molar-refractivity contribution in [2.45, 2.75) is 24.6 Å². The van der Waals surface area contributed by atoms with E-state index in [9.17, 15) is 19.5 Å². The smallest absolute Gasteiger partial charge is 0.328 e. The van der Waals surface area contributed by atoms with E-state index in [1.54, 1.807) is 84.9 Å². The van der Waals surface area contributed by atoms with Crippen LogP contribution >= 0.6 is 0 Å². The van der Waals surface area contributed by atoms with Gasteiger partial charge >= 0.3 is 5.97 Å². The topological polar surface area (TPSA) is 129 Å². The first-order valence-electron chi connectivity index (χ1n) is 10.9. The van der Waals surface area contributed by atoms with Gasteiger partial charge in [0.15, 0.2) is 6.10 Å². The molecule has 178 valence electrons. The van der Waals surface area contributed by atoms with Gasteiger partial charge in [-0.25, -0.2) is 4.79 Å². The van der Waals surface area contributed by atoms with Crippen LogP contribution in [-0.2, 0) is 20.7 Å². The average Bonchev–Trinajstić information content (AvgIpc) is 2.91. The number of nitrogens with one attached hydrogen (secondary N) is 2. The number of carbonyl (C=O) groups is 3. The summed E-state index contributed by atoms with van der Waals surface area (Å²) in [6.45, 7) is 0. The summed E-state index contributed by atoms with van der Waals surface area (Å²) in [5, 5.41) is 25.1. The molecule has 0 bridgehead atoms. The highest BCUT2D eigenvalue weighted by Gasteiger charge is 2.32. The lowest BCUT2D eigenvalue weighted by molar-refractivity contribution is -0.146. The van der Waals surface area contributed by atoms with Gasteiger partial charge in [-0.05, 0) is 35.4 Å². The number of aliphatic hydroxyl groups is 1. The maximum absolute atomic E-state index is 13.0. The lowest BCUT2D eigenvalue weighted by Gasteiger charge is -2.26. The third-order valence-corrected chi connectivity index (χ3v) is 5.39. The van der Waals surface area contributed by atoms with Gasteiger partial charge in [-0.1, -0.05) is 60.7 Å². The van der Waals surface area contributed by atoms with Gasteiger partial charge in [0.2, 0.25) is 0 Å². The van der Waals surface area contributed by atoms with E-state index in [0.717, 1.165) is 0 Å². The van der Waals surface area contributed by atoms with Gasteiger partial charge in [-0.2, -0.15) is 5.26 Å². The molecule has 0 aliphatic heterocycles. The maximum atomic E-state index is 13.0. The highest BCUT2D eigenvalue weighted by Crippen LogP contribution is 2.19. The van der Waals surface area contributed by atoms with Crippen molar-refractivity contribution >= 4 is 17.8 Å². The van der Waals surface area contributed by atoms with Gasteiger partial charge in [0.25, 0.3) is 11.8 Å². The van der Waals surface area contributed by atoms with Crippen LogP contribution in [0, 0.1) is 11.3 Å². The average molecular weight is 472 g/mol. The minimum absolute atomic E-state index is 0.0865. The lowest BCUT2D eigenvalue weighted by atomic mass is 9.99. The minimum atomic E-state index is -1.70. The fourth-order valence-corrected chi connectivity index (χ4v) is 3.51. The van der Waals surface area contributed by atoms with Crippen molar-refractivity contribution in [3.8, 4) is 6.07 Å². The molecule has 0 saturated carbocycles. The molecule has 3 N–H and O–H groups in total. The van der Waals surface area contributed by atoms with Crippen molar-refractivity contribution in [3.63, 3.8) is 0 Å². The number of nitrogens with zero attached hydrogens (tertiary/aromatic N) is 1. The highest BCUT2D eigenvalue weighted by atomic mass is 16.5. The molecule has 3 aromatic rings. The molecule has 0 unspecified atom stereocenters. The molecule has 8 nitrogen and oxygen atoms in total. The van der Waals surface area contributed by atoms with Crippen molar-refractivity contribution in [1.29, 1.82) is 5.26 Å². The van der Waals surface area contributed by atoms with E-state index in [1.165, 1.54) is 7.11 Å². The fourth-order valence-electron chi connectivity index (χ4n) is 3.51. The number of hydrogen-bond donors (Lipinski definition) is 3. The normalized spacial score (nSPS) is 12.9. The van der Waals surface area contributed by atoms with Crippen LogP contribution in [0.1, 0.15) is 33.1 Å². The van der Waals surface area contributed by atoms with Gasteiger partial charge < -0.3 is 20.5 Å². The van der Waals surface area contributed by atoms with Gasteiger partial charge in [-0.3, -0.25) is 9.59 Å². The number of aliphatic hydroxyl groups excluding tert-OH is 1. The predicted molar refractivity (Wildman–Crippen MR) is 128 cm³/mol. The number of rotatable bonds is 9. The van der Waals surface area contributed by atoms with Crippen LogP contribution in [0.2, 0.25) is 0 Å². The van der Waals surface area contributed by atoms with Gasteiger partial charge in [0.05, 0.1) is 24.8 Å². The number of hydrogen-bond acceptors (Lipinski definition) is 6. The lowest BCUT2D eigenvalue weighted by Crippen LogP contribution is -2.51. The summed E-state index contributed by atoms with van der Waals surface area (Å²) in [4.78, 5) is 38.2. The van der Waals surface area contributed by atoms with E-state index < -0.39 is 36.0 Å². The molecular formula is C27H25N3O5. The molecule has 3 atom stereocenters. The van der Waals surface area contributed by atoms with Crippen LogP contribution < -0.4 is 10.6 Å². The highest BCUT2D eigenvalue weighted by molar-refractivity contribution is 5.95. The molecule has 8 heteroatoms. The molecular weight excluding hydrogens is 446 g/mol. The summed E-state index contributed by atoms with van der Waals surface area (Å²) in [5.41, 5.74) is 2.03. The Kier molecular flexibility index (Phi) is 8.70. The molecule has 0 spiro atoms. The van der Waals surface area contributed by atoms with Crippen molar-refractivity contribution in [1.82, 2.24) is 10.6 Å². The van der Waals surface area contributed by atoms with Crippen LogP contribution in [0.4, 0.5) is 0 Å². The third kappa shape index (κ3) is 6.76. The van der Waals surface area contributed by atoms with Crippen LogP contribution in [0.3, 0.4) is 0 Å². The van der Waals surface area contributed by atoms with E-state index in [1.807, 2.05) is 6.07 Å². The van der Waals surface area contributed by atoms with E-state index in [-0.39, 0.29) is 6.42 Å². The third-order valence-electron chi connectivity index (χ3n) is 5.39. The number of ether oxygens (including phenoxy) is 1. The first-order valence-corrected chi connectivity index (χ1v) is 10.9. The number of nitriles is 1. The van der Waals surface area contributed by atoms with Crippen LogP contribution in [0.5, 0.6) is 0 Å². The largest absolute Gasteiger partial charge is 0.467 e. The summed E-state index contributed by atoms with van der Waals surface area (Å²) in [5.74, 6) is -2.01. The van der Waals surface area contributed by atoms with Crippen LogP contribution in [-0.4, -0.2) is 42.1 Å². The molecule has 3 rings (SSSR count). The van der Waals surface area contributed by atoms with Crippen LogP contribution in [0.25, 0.3) is 0 Å². The Balaban J connectivity index is 1.80. The maximum Gasteiger partial charge on any atom is 0.328 e. The summed E-state index contributed by atoms with van der Waals surface area (Å²) >= 11 is 0. The zero-order valence-electron chi connectivity index (χ0n) is 19.0. The Morgan fingerprint density at radius 2 is 1.51 bits per heavy atom. The Bertz CT molecular complexity index is 1190. The Labute approximate surface area is 203 Å². The molecule has 3 aromatic carbocycles. The summed E-state index contributed by atoms with van der Waals surface area (Å²) in [7, 11) is 1.20. The number of benzene rings is 3. The van der Waals surface area contributed by atoms with E-state index in [4.69, 9.17) is 10.00 Å². The molecule has 0 radical (unpaired) electrons. The molecule has 0 aromatic heterocycles. The minimum Gasteiger partial charge on any atom is -0.467 e. The number of carbonyl (C=O) groups excluding carboxylic acids is 3. The second-order valence-corrected chi connectivity index (χ2v) is 7.77. The Morgan fingerprint density at radius 1 is 0.914 bits per heavy atom. The van der Waals surface area contributed by atoms with E-state index in [0.29, 0.717) is 22.3 Å². The van der Waals surface area contributed by atoms with Crippen molar-refractivity contribution in [2.75, 3.05) is 7.11 Å². The van der Waals surface area contributed by atoms with Crippen molar-refractivity contribution < 1.29 is 24.2 Å². The Morgan fingerprint density at radius 3 is 2.09 bits per heavy atom. The zero-order chi connectivity index (χ0) is 25.2. The molecule has 0 aliphatic carbocycles. The monoisotopic (exact) mass is 471 g/mol. The van der Waals surface area contributed by atoms with Gasteiger partial charge in [0, 0.05) is 12.0 Å². The molecule has 0 aliphatic rings.